The van der Waals surface area contributed by atoms with Gasteiger partial charge in [0.2, 0.25) is 0 Å². The quantitative estimate of drug-likeness (QED) is 0.555. The Labute approximate surface area is 155 Å². The van der Waals surface area contributed by atoms with Crippen molar-refractivity contribution in [1.82, 2.24) is 14.7 Å². The molecule has 9 heteroatoms. The summed E-state index contributed by atoms with van der Waals surface area (Å²) in [6.07, 6.45) is 0. The maximum Gasteiger partial charge on any atom is 0.333 e. The fourth-order valence-electron chi connectivity index (χ4n) is 3.66. The number of carbonyl (C=O) groups excluding carboxylic acids is 4. The Morgan fingerprint density at radius 1 is 1.00 bits per heavy atom. The predicted octanol–water partition coefficient (Wildman–Crippen LogP) is 0.0180. The molecule has 0 radical (unpaired) electrons. The third-order valence-electron chi connectivity index (χ3n) is 5.13. The summed E-state index contributed by atoms with van der Waals surface area (Å²) >= 11 is 0. The van der Waals surface area contributed by atoms with E-state index in [1.54, 1.807) is 35.9 Å². The second-order valence-electron chi connectivity index (χ2n) is 6.56. The van der Waals surface area contributed by atoms with Crippen LogP contribution in [0.1, 0.15) is 27.6 Å². The molecule has 0 aliphatic carbocycles. The number of amidine groups is 2. The number of hydrogen-bond acceptors (Lipinski definition) is 5. The molecule has 1 fully saturated rings. The summed E-state index contributed by atoms with van der Waals surface area (Å²) in [6, 6.07) is 5.45. The van der Waals surface area contributed by atoms with Crippen LogP contribution in [0.25, 0.3) is 0 Å². The molecule has 0 aromatic heterocycles. The normalized spacial score (nSPS) is 22.0. The molecule has 1 atom stereocenters. The van der Waals surface area contributed by atoms with Crippen LogP contribution in [0, 0.1) is 0 Å². The van der Waals surface area contributed by atoms with Gasteiger partial charge in [0.1, 0.15) is 6.54 Å². The van der Waals surface area contributed by atoms with E-state index in [0.29, 0.717) is 29.3 Å². The van der Waals surface area contributed by atoms with E-state index < -0.39 is 12.1 Å². The summed E-state index contributed by atoms with van der Waals surface area (Å²) < 4.78 is 1.72. The highest BCUT2D eigenvalue weighted by Gasteiger charge is 2.53. The van der Waals surface area contributed by atoms with E-state index in [1.165, 1.54) is 11.9 Å². The lowest BCUT2D eigenvalue weighted by Gasteiger charge is -2.30. The van der Waals surface area contributed by atoms with Crippen molar-refractivity contribution in [2.45, 2.75) is 13.0 Å². The lowest BCUT2D eigenvalue weighted by atomic mass is 10.1. The fourth-order valence-corrected chi connectivity index (χ4v) is 3.66. The maximum absolute atomic E-state index is 12.6. The second-order valence-corrected chi connectivity index (χ2v) is 6.56. The Morgan fingerprint density at radius 3 is 2.15 bits per heavy atom. The lowest BCUT2D eigenvalue weighted by Crippen LogP contribution is -2.61. The van der Waals surface area contributed by atoms with E-state index in [-0.39, 0.29) is 24.3 Å². The maximum atomic E-state index is 12.6. The van der Waals surface area contributed by atoms with Gasteiger partial charge in [-0.25, -0.2) is 9.37 Å². The first-order valence-corrected chi connectivity index (χ1v) is 8.58. The summed E-state index contributed by atoms with van der Waals surface area (Å²) in [4.78, 5) is 58.0. The molecule has 3 heterocycles. The van der Waals surface area contributed by atoms with Crippen molar-refractivity contribution in [2.24, 2.45) is 4.99 Å². The van der Waals surface area contributed by atoms with Gasteiger partial charge in [0.25, 0.3) is 29.6 Å². The van der Waals surface area contributed by atoms with E-state index in [2.05, 4.69) is 4.99 Å². The predicted molar refractivity (Wildman–Crippen MR) is 94.8 cm³/mol. The van der Waals surface area contributed by atoms with Crippen LogP contribution in [-0.2, 0) is 4.79 Å². The smallest absolute Gasteiger partial charge is 0.269 e. The first-order chi connectivity index (χ1) is 12.9. The summed E-state index contributed by atoms with van der Waals surface area (Å²) in [5, 5.41) is 0. The van der Waals surface area contributed by atoms with Gasteiger partial charge in [0, 0.05) is 14.1 Å². The fraction of sp³-hybridized carbons (Fsp3) is 0.333. The van der Waals surface area contributed by atoms with Crippen LogP contribution < -0.4 is 0 Å². The second kappa shape index (κ2) is 5.83. The monoisotopic (exact) mass is 368 g/mol. The molecular weight excluding hydrogens is 350 g/mol. The Balaban J connectivity index is 1.71. The zero-order valence-electron chi connectivity index (χ0n) is 15.2. The summed E-state index contributed by atoms with van der Waals surface area (Å²) in [7, 11) is 2.98. The van der Waals surface area contributed by atoms with Crippen LogP contribution in [0.4, 0.5) is 4.79 Å². The van der Waals surface area contributed by atoms with Crippen molar-refractivity contribution in [3.63, 3.8) is 0 Å². The third-order valence-corrected chi connectivity index (χ3v) is 5.13. The van der Waals surface area contributed by atoms with Crippen LogP contribution in [0.3, 0.4) is 0 Å². The Kier molecular flexibility index (Phi) is 3.69. The molecule has 0 N–H and O–H groups in total. The summed E-state index contributed by atoms with van der Waals surface area (Å²) in [6.45, 7) is 2.24. The minimum atomic E-state index is -0.729. The SMILES string of the molecule is CC[N+]1=C(CN2C(=O)c3ccccc3C2=O)N=C2C1C(=O)N(C)C(=O)N2C. The molecule has 138 valence electrons. The van der Waals surface area contributed by atoms with Crippen LogP contribution >= 0.6 is 0 Å². The molecule has 3 aliphatic heterocycles. The largest absolute Gasteiger partial charge is 0.333 e. The van der Waals surface area contributed by atoms with Crippen molar-refractivity contribution in [1.29, 1.82) is 0 Å². The zero-order valence-corrected chi connectivity index (χ0v) is 15.2. The zero-order chi connectivity index (χ0) is 19.5. The number of benzene rings is 1. The summed E-state index contributed by atoms with van der Waals surface area (Å²) in [5.41, 5.74) is 0.717. The molecule has 1 aromatic rings. The van der Waals surface area contributed by atoms with Crippen molar-refractivity contribution in [3.8, 4) is 0 Å². The van der Waals surface area contributed by atoms with E-state index in [0.717, 1.165) is 9.80 Å². The van der Waals surface area contributed by atoms with Gasteiger partial charge in [0.05, 0.1) is 17.7 Å². The van der Waals surface area contributed by atoms with Gasteiger partial charge in [0.15, 0.2) is 0 Å². The first kappa shape index (κ1) is 17.1. The van der Waals surface area contributed by atoms with Gasteiger partial charge in [-0.2, -0.15) is 0 Å². The van der Waals surface area contributed by atoms with Crippen LogP contribution in [0.2, 0.25) is 0 Å². The number of likely N-dealkylation sites (N-methyl/N-ethyl adjacent to an activating group) is 3. The summed E-state index contributed by atoms with van der Waals surface area (Å²) in [5.74, 6) is -0.424. The number of rotatable bonds is 3. The highest BCUT2D eigenvalue weighted by atomic mass is 16.2. The van der Waals surface area contributed by atoms with Gasteiger partial charge in [-0.1, -0.05) is 12.1 Å². The number of aliphatic imine (C=N–C) groups is 1. The van der Waals surface area contributed by atoms with Crippen LogP contribution in [-0.4, -0.2) is 87.9 Å². The van der Waals surface area contributed by atoms with E-state index in [4.69, 9.17) is 0 Å². The number of carbonyl (C=O) groups is 4. The molecule has 0 spiro atoms. The number of fused-ring (bicyclic) bond motifs is 2. The highest BCUT2D eigenvalue weighted by Crippen LogP contribution is 2.24. The minimum Gasteiger partial charge on any atom is -0.269 e. The number of imide groups is 2. The molecule has 1 unspecified atom stereocenters. The molecule has 1 saturated heterocycles. The Hall–Kier alpha value is -3.36. The molecule has 1 aromatic carbocycles. The number of amides is 5. The number of nitrogens with zero attached hydrogens (tertiary/aromatic N) is 5. The average molecular weight is 368 g/mol. The van der Waals surface area contributed by atoms with Crippen LogP contribution in [0.15, 0.2) is 29.3 Å². The molecule has 0 saturated carbocycles. The third kappa shape index (κ3) is 2.24. The van der Waals surface area contributed by atoms with Crippen molar-refractivity contribution >= 4 is 35.4 Å². The van der Waals surface area contributed by atoms with Gasteiger partial charge in [-0.3, -0.25) is 29.1 Å². The van der Waals surface area contributed by atoms with Gasteiger partial charge < -0.3 is 0 Å². The minimum absolute atomic E-state index is 0.0563. The standard InChI is InChI=1S/C18H18N5O4/c1-4-22-12(19-14-13(22)17(26)21(3)18(27)20(14)2)9-23-15(24)10-7-5-6-8-11(10)16(23)25/h5-8,13H,4,9H2,1-3H3/q+1. The van der Waals surface area contributed by atoms with E-state index in [9.17, 15) is 19.2 Å². The topological polar surface area (TPSA) is 93.4 Å². The van der Waals surface area contributed by atoms with Crippen LogP contribution in [0.5, 0.6) is 0 Å². The molecule has 9 nitrogen and oxygen atoms in total. The van der Waals surface area contributed by atoms with Crippen molar-refractivity contribution in [3.05, 3.63) is 35.4 Å². The Bertz CT molecular complexity index is 945. The van der Waals surface area contributed by atoms with Crippen molar-refractivity contribution in [2.75, 3.05) is 27.2 Å². The highest BCUT2D eigenvalue weighted by molar-refractivity contribution is 6.25. The Morgan fingerprint density at radius 2 is 1.59 bits per heavy atom. The molecule has 0 bridgehead atoms. The number of urea groups is 1. The molecule has 27 heavy (non-hydrogen) atoms. The molecular formula is C18H18N5O4+. The first-order valence-electron chi connectivity index (χ1n) is 8.58. The number of hydrogen-bond donors (Lipinski definition) is 0. The van der Waals surface area contributed by atoms with E-state index in [1.807, 2.05) is 6.92 Å². The lowest BCUT2D eigenvalue weighted by molar-refractivity contribution is -0.532. The van der Waals surface area contributed by atoms with Gasteiger partial charge >= 0.3 is 11.9 Å². The van der Waals surface area contributed by atoms with Crippen molar-refractivity contribution < 1.29 is 23.8 Å². The van der Waals surface area contributed by atoms with E-state index >= 15 is 0 Å². The molecule has 5 amide bonds. The average Bonchev–Trinajstić information content (AvgIpc) is 3.16. The van der Waals surface area contributed by atoms with Gasteiger partial charge in [-0.05, 0) is 24.0 Å². The van der Waals surface area contributed by atoms with Gasteiger partial charge in [-0.15, -0.1) is 0 Å². The molecule has 4 rings (SSSR count). The molecule has 3 aliphatic rings.